The molecule has 100 valence electrons. The predicted octanol–water partition coefficient (Wildman–Crippen LogP) is 2.22. The summed E-state index contributed by atoms with van der Waals surface area (Å²) in [5.74, 6) is -0.190. The highest BCUT2D eigenvalue weighted by Gasteiger charge is 2.13. The molecule has 0 bridgehead atoms. The Labute approximate surface area is 109 Å². The molecule has 4 nitrogen and oxygen atoms in total. The maximum atomic E-state index is 11.0. The Morgan fingerprint density at radius 2 is 2.11 bits per heavy atom. The highest BCUT2D eigenvalue weighted by atomic mass is 16.5. The van der Waals surface area contributed by atoms with Crippen molar-refractivity contribution in [2.45, 2.75) is 40.2 Å². The van der Waals surface area contributed by atoms with Gasteiger partial charge in [-0.15, -0.1) is 0 Å². The van der Waals surface area contributed by atoms with Crippen LogP contribution in [0.4, 0.5) is 0 Å². The molecule has 0 aliphatic heterocycles. The SMILES string of the molecule is COC(=O)CCNC(C)c1c(C)cc(C)nc1C. The molecule has 0 saturated carbocycles. The molecule has 0 aliphatic rings. The molecule has 1 aromatic heterocycles. The number of ether oxygens (including phenoxy) is 1. The molecule has 1 atom stereocenters. The van der Waals surface area contributed by atoms with Crippen LogP contribution in [0.5, 0.6) is 0 Å². The van der Waals surface area contributed by atoms with Crippen molar-refractivity contribution in [1.29, 1.82) is 0 Å². The maximum absolute atomic E-state index is 11.0. The lowest BCUT2D eigenvalue weighted by Gasteiger charge is -2.18. The number of esters is 1. The lowest BCUT2D eigenvalue weighted by atomic mass is 10.0. The van der Waals surface area contributed by atoms with Gasteiger partial charge in [0.2, 0.25) is 0 Å². The summed E-state index contributed by atoms with van der Waals surface area (Å²) in [6.45, 7) is 8.81. The van der Waals surface area contributed by atoms with E-state index in [1.807, 2.05) is 13.8 Å². The molecule has 0 saturated heterocycles. The maximum Gasteiger partial charge on any atom is 0.306 e. The van der Waals surface area contributed by atoms with Crippen molar-refractivity contribution in [2.24, 2.45) is 0 Å². The van der Waals surface area contributed by atoms with Gasteiger partial charge >= 0.3 is 5.97 Å². The lowest BCUT2D eigenvalue weighted by molar-refractivity contribution is -0.140. The molecule has 1 rings (SSSR count). The smallest absolute Gasteiger partial charge is 0.306 e. The van der Waals surface area contributed by atoms with E-state index in [1.165, 1.54) is 18.2 Å². The van der Waals surface area contributed by atoms with Crippen LogP contribution in [0.1, 0.15) is 41.9 Å². The minimum atomic E-state index is -0.190. The van der Waals surface area contributed by atoms with Crippen LogP contribution in [0.3, 0.4) is 0 Å². The topological polar surface area (TPSA) is 51.2 Å². The number of rotatable bonds is 5. The Hall–Kier alpha value is -1.42. The van der Waals surface area contributed by atoms with Gasteiger partial charge in [-0.3, -0.25) is 9.78 Å². The molecule has 0 fully saturated rings. The molecule has 1 unspecified atom stereocenters. The van der Waals surface area contributed by atoms with Crippen molar-refractivity contribution < 1.29 is 9.53 Å². The van der Waals surface area contributed by atoms with E-state index in [0.29, 0.717) is 13.0 Å². The van der Waals surface area contributed by atoms with Crippen LogP contribution in [0, 0.1) is 20.8 Å². The fraction of sp³-hybridized carbons (Fsp3) is 0.571. The van der Waals surface area contributed by atoms with Gasteiger partial charge in [-0.25, -0.2) is 0 Å². The van der Waals surface area contributed by atoms with Gasteiger partial charge in [0.05, 0.1) is 13.5 Å². The number of hydrogen-bond acceptors (Lipinski definition) is 4. The van der Waals surface area contributed by atoms with Crippen LogP contribution >= 0.6 is 0 Å². The Kier molecular flexibility index (Phi) is 5.28. The first-order chi connectivity index (χ1) is 8.45. The summed E-state index contributed by atoms with van der Waals surface area (Å²) >= 11 is 0. The quantitative estimate of drug-likeness (QED) is 0.814. The van der Waals surface area contributed by atoms with Crippen LogP contribution in [0.15, 0.2) is 6.07 Å². The molecular formula is C14H22N2O2. The Morgan fingerprint density at radius 1 is 1.44 bits per heavy atom. The van der Waals surface area contributed by atoms with E-state index in [2.05, 4.69) is 35.0 Å². The zero-order valence-electron chi connectivity index (χ0n) is 11.8. The van der Waals surface area contributed by atoms with Gasteiger partial charge in [0, 0.05) is 24.0 Å². The van der Waals surface area contributed by atoms with E-state index in [-0.39, 0.29) is 12.0 Å². The number of nitrogens with zero attached hydrogens (tertiary/aromatic N) is 1. The Morgan fingerprint density at radius 3 is 2.67 bits per heavy atom. The van der Waals surface area contributed by atoms with Crippen molar-refractivity contribution >= 4 is 5.97 Å². The Bertz CT molecular complexity index is 407. The van der Waals surface area contributed by atoms with E-state index in [9.17, 15) is 4.79 Å². The van der Waals surface area contributed by atoms with Crippen LogP contribution in [-0.2, 0) is 9.53 Å². The number of methoxy groups -OCH3 is 1. The van der Waals surface area contributed by atoms with Crippen LogP contribution in [0.2, 0.25) is 0 Å². The van der Waals surface area contributed by atoms with E-state index in [4.69, 9.17) is 0 Å². The third-order valence-corrected chi connectivity index (χ3v) is 3.02. The molecule has 1 heterocycles. The minimum Gasteiger partial charge on any atom is -0.469 e. The molecule has 0 aliphatic carbocycles. The number of nitrogens with one attached hydrogen (secondary N) is 1. The second-order valence-electron chi connectivity index (χ2n) is 4.58. The van der Waals surface area contributed by atoms with E-state index < -0.39 is 0 Å². The first kappa shape index (κ1) is 14.6. The van der Waals surface area contributed by atoms with Gasteiger partial charge in [-0.05, 0) is 44.9 Å². The monoisotopic (exact) mass is 250 g/mol. The third-order valence-electron chi connectivity index (χ3n) is 3.02. The number of carbonyl (C=O) groups is 1. The highest BCUT2D eigenvalue weighted by Crippen LogP contribution is 2.20. The molecular weight excluding hydrogens is 228 g/mol. The molecule has 1 aromatic rings. The summed E-state index contributed by atoms with van der Waals surface area (Å²) in [6, 6.07) is 2.27. The van der Waals surface area contributed by atoms with Crippen molar-refractivity contribution in [3.63, 3.8) is 0 Å². The van der Waals surface area contributed by atoms with Gasteiger partial charge < -0.3 is 10.1 Å². The molecule has 0 spiro atoms. The second-order valence-corrected chi connectivity index (χ2v) is 4.58. The normalized spacial score (nSPS) is 12.3. The lowest BCUT2D eigenvalue weighted by Crippen LogP contribution is -2.24. The first-order valence-corrected chi connectivity index (χ1v) is 6.20. The average molecular weight is 250 g/mol. The van der Waals surface area contributed by atoms with Gasteiger partial charge in [0.25, 0.3) is 0 Å². The summed E-state index contributed by atoms with van der Waals surface area (Å²) in [5.41, 5.74) is 4.53. The number of carbonyl (C=O) groups excluding carboxylic acids is 1. The summed E-state index contributed by atoms with van der Waals surface area (Å²) in [4.78, 5) is 15.5. The molecule has 0 radical (unpaired) electrons. The molecule has 4 heteroatoms. The van der Waals surface area contributed by atoms with Crippen LogP contribution < -0.4 is 5.32 Å². The summed E-state index contributed by atoms with van der Waals surface area (Å²) in [7, 11) is 1.41. The fourth-order valence-electron chi connectivity index (χ4n) is 2.28. The Balaban J connectivity index is 2.67. The van der Waals surface area contributed by atoms with Crippen LogP contribution in [0.25, 0.3) is 0 Å². The zero-order chi connectivity index (χ0) is 13.7. The highest BCUT2D eigenvalue weighted by molar-refractivity contribution is 5.69. The molecule has 1 N–H and O–H groups in total. The summed E-state index contributed by atoms with van der Waals surface area (Å²) in [6.07, 6.45) is 0.387. The van der Waals surface area contributed by atoms with Crippen molar-refractivity contribution in [3.05, 3.63) is 28.6 Å². The number of hydrogen-bond donors (Lipinski definition) is 1. The number of pyridine rings is 1. The predicted molar refractivity (Wildman–Crippen MR) is 71.5 cm³/mol. The van der Waals surface area contributed by atoms with Crippen molar-refractivity contribution in [3.8, 4) is 0 Å². The molecule has 0 aromatic carbocycles. The average Bonchev–Trinajstić information content (AvgIpc) is 2.27. The third kappa shape index (κ3) is 3.81. The van der Waals surface area contributed by atoms with Gasteiger partial charge in [-0.2, -0.15) is 0 Å². The van der Waals surface area contributed by atoms with Gasteiger partial charge in [0.1, 0.15) is 0 Å². The van der Waals surface area contributed by atoms with Crippen molar-refractivity contribution in [1.82, 2.24) is 10.3 Å². The van der Waals surface area contributed by atoms with Crippen molar-refractivity contribution in [2.75, 3.05) is 13.7 Å². The van der Waals surface area contributed by atoms with E-state index in [1.54, 1.807) is 0 Å². The number of aromatic nitrogens is 1. The van der Waals surface area contributed by atoms with E-state index in [0.717, 1.165) is 11.4 Å². The summed E-state index contributed by atoms with van der Waals surface area (Å²) < 4.78 is 4.61. The van der Waals surface area contributed by atoms with E-state index >= 15 is 0 Å². The molecule has 0 amide bonds. The van der Waals surface area contributed by atoms with Gasteiger partial charge in [-0.1, -0.05) is 0 Å². The minimum absolute atomic E-state index is 0.183. The number of aryl methyl sites for hydroxylation is 3. The first-order valence-electron chi connectivity index (χ1n) is 6.20. The largest absolute Gasteiger partial charge is 0.469 e. The standard InChI is InChI=1S/C14H22N2O2/c1-9-8-10(2)16-12(4)14(9)11(3)15-7-6-13(17)18-5/h8,11,15H,6-7H2,1-5H3. The zero-order valence-corrected chi connectivity index (χ0v) is 11.8. The fourth-order valence-corrected chi connectivity index (χ4v) is 2.28. The molecule has 18 heavy (non-hydrogen) atoms. The van der Waals surface area contributed by atoms with Crippen LogP contribution in [-0.4, -0.2) is 24.6 Å². The second kappa shape index (κ2) is 6.50. The van der Waals surface area contributed by atoms with Gasteiger partial charge in [0.15, 0.2) is 0 Å². The summed E-state index contributed by atoms with van der Waals surface area (Å²) in [5, 5.41) is 3.32.